The quantitative estimate of drug-likeness (QED) is 0.0195. The van der Waals surface area contributed by atoms with Crippen LogP contribution in [0.2, 0.25) is 0 Å². The van der Waals surface area contributed by atoms with E-state index < -0.39 is 138 Å². The van der Waals surface area contributed by atoms with Gasteiger partial charge in [0.05, 0.1) is 17.6 Å². The molecule has 0 aliphatic heterocycles. The Balaban J connectivity index is 0.938. The summed E-state index contributed by atoms with van der Waals surface area (Å²) in [6.07, 6.45) is 1.44. The number of thiazole rings is 1. The number of aromatic hydroxyl groups is 2. The molecule has 6 rings (SSSR count). The van der Waals surface area contributed by atoms with Crippen LogP contribution in [0.3, 0.4) is 0 Å². The zero-order valence-corrected chi connectivity index (χ0v) is 55.5. The van der Waals surface area contributed by atoms with Gasteiger partial charge in [-0.15, -0.1) is 0 Å². The number of anilines is 1. The van der Waals surface area contributed by atoms with E-state index in [1.165, 1.54) is 121 Å². The zero-order valence-electron chi connectivity index (χ0n) is 54.7. The number of phenolic OH excluding ortho intramolecular Hbond substituents is 2. The molecule has 0 saturated heterocycles. The van der Waals surface area contributed by atoms with Gasteiger partial charge >= 0.3 is 6.09 Å². The van der Waals surface area contributed by atoms with Crippen molar-refractivity contribution >= 4 is 93.8 Å². The molecule has 0 saturated carbocycles. The highest BCUT2D eigenvalue weighted by molar-refractivity contribution is 7.17. The van der Waals surface area contributed by atoms with Crippen LogP contribution in [-0.2, 0) is 70.3 Å². The van der Waals surface area contributed by atoms with Crippen molar-refractivity contribution in [3.63, 3.8) is 0 Å². The first kappa shape index (κ1) is 75.1. The lowest BCUT2D eigenvalue weighted by Gasteiger charge is -2.25. The van der Waals surface area contributed by atoms with Crippen LogP contribution in [0, 0.1) is 0 Å². The van der Waals surface area contributed by atoms with Gasteiger partial charge in [-0.25, -0.2) is 9.78 Å². The topological polar surface area (TPSA) is 441 Å². The summed E-state index contributed by atoms with van der Waals surface area (Å²) in [5.74, 6) is -9.08. The molecule has 97 heavy (non-hydrogen) atoms. The lowest BCUT2D eigenvalue weighted by Crippen LogP contribution is -2.59. The predicted octanol–water partition coefficient (Wildman–Crippen LogP) is 0.316. The van der Waals surface area contributed by atoms with E-state index in [4.69, 9.17) is 4.74 Å². The maximum Gasteiger partial charge on any atom is 0.407 e. The van der Waals surface area contributed by atoms with E-state index >= 15 is 0 Å². The van der Waals surface area contributed by atoms with Crippen molar-refractivity contribution in [2.45, 2.75) is 141 Å². The molecule has 12 amide bonds. The Morgan fingerprint density at radius 3 is 1.28 bits per heavy atom. The van der Waals surface area contributed by atoms with Crippen LogP contribution in [0.1, 0.15) is 99.7 Å². The monoisotopic (exact) mass is 1360 g/mol. The molecule has 0 unspecified atom stereocenters. The van der Waals surface area contributed by atoms with E-state index in [9.17, 15) is 72.5 Å². The van der Waals surface area contributed by atoms with E-state index in [1.807, 2.05) is 48.5 Å². The molecule has 518 valence electrons. The third-order valence-electron chi connectivity index (χ3n) is 15.4. The van der Waals surface area contributed by atoms with Crippen LogP contribution in [0.5, 0.6) is 11.5 Å². The van der Waals surface area contributed by atoms with E-state index in [0.717, 1.165) is 22.3 Å². The lowest BCUT2D eigenvalue weighted by molar-refractivity contribution is -0.135. The van der Waals surface area contributed by atoms with Gasteiger partial charge in [-0.05, 0) is 119 Å². The normalized spacial score (nSPS) is 14.4. The van der Waals surface area contributed by atoms with Crippen molar-refractivity contribution in [3.05, 3.63) is 130 Å². The van der Waals surface area contributed by atoms with Crippen molar-refractivity contribution in [1.82, 2.24) is 68.8 Å². The maximum absolute atomic E-state index is 13.9. The SMILES string of the molecule is C[C@H](NC(=O)OCC1c2ccccc2-c2ccccc21)C(=O)N[C@@H](C)C(=O)N[C@@H](C)C(=O)N[C@@H](Cc1ccc(O)cc1)C(=O)N[C@@H](C)C(=O)N[C@@H](C)C(=O)NCC(=O)N[C@@H](Cc1ccc(O)cc1)C(=O)N[C@@H](C)C(=O)N[C@@H](C)C(=O)N[C@@H](C)C(=O)NCCCNc1ncc(C=O)s1. The Bertz CT molecular complexity index is 3620. The van der Waals surface area contributed by atoms with Crippen molar-refractivity contribution in [2.75, 3.05) is 31.6 Å². The van der Waals surface area contributed by atoms with Gasteiger partial charge < -0.3 is 84.1 Å². The second-order valence-corrected chi connectivity index (χ2v) is 24.3. The number of amides is 12. The minimum Gasteiger partial charge on any atom is -0.508 e. The fourth-order valence-corrected chi connectivity index (χ4v) is 10.4. The van der Waals surface area contributed by atoms with Crippen LogP contribution >= 0.6 is 11.3 Å². The molecular weight excluding hydrogens is 1280 g/mol. The maximum atomic E-state index is 13.9. The number of fused-ring (bicyclic) bond motifs is 3. The summed E-state index contributed by atoms with van der Waals surface area (Å²) in [5, 5.41) is 53.3. The molecule has 31 heteroatoms. The average molecular weight is 1360 g/mol. The largest absolute Gasteiger partial charge is 0.508 e. The smallest absolute Gasteiger partial charge is 0.407 e. The molecule has 0 spiro atoms. The third-order valence-corrected chi connectivity index (χ3v) is 16.2. The van der Waals surface area contributed by atoms with Gasteiger partial charge in [-0.1, -0.05) is 84.1 Å². The van der Waals surface area contributed by atoms with E-state index in [1.54, 1.807) is 0 Å². The molecule has 30 nitrogen and oxygen atoms in total. The number of aromatic nitrogens is 1. The van der Waals surface area contributed by atoms with E-state index in [0.29, 0.717) is 40.4 Å². The summed E-state index contributed by atoms with van der Waals surface area (Å²) in [5.41, 5.74) is 5.02. The van der Waals surface area contributed by atoms with Gasteiger partial charge in [0.25, 0.3) is 0 Å². The molecule has 1 aromatic heterocycles. The highest BCUT2D eigenvalue weighted by atomic mass is 32.1. The first-order valence-corrected chi connectivity index (χ1v) is 32.0. The van der Waals surface area contributed by atoms with Gasteiger partial charge in [-0.2, -0.15) is 0 Å². The number of hydrogen-bond acceptors (Lipinski definition) is 19. The number of ether oxygens (including phenoxy) is 1. The van der Waals surface area contributed by atoms with Crippen LogP contribution < -0.4 is 69.1 Å². The lowest BCUT2D eigenvalue weighted by atomic mass is 9.98. The molecule has 5 aromatic rings. The minimum atomic E-state index is -1.39. The molecule has 0 fully saturated rings. The summed E-state index contributed by atoms with van der Waals surface area (Å²) >= 11 is 1.18. The summed E-state index contributed by atoms with van der Waals surface area (Å²) in [7, 11) is 0. The number of alkyl carbamates (subject to hydrolysis) is 1. The summed E-state index contributed by atoms with van der Waals surface area (Å²) in [6.45, 7) is 10.8. The molecule has 1 aliphatic rings. The standard InChI is InChI=1S/C66H82N14O16S/c1-34(55(85)67-26-13-27-68-65-70-30-46(32-81)97-65)71-57(87)36(3)73-60(90)39(6)76-63(93)52(28-42-18-22-44(82)23-19-42)79-54(84)31-69-56(86)35(2)72-59(89)38(5)77-64(94)53(29-43-20-24-45(83)25-21-43)80-62(92)40(7)75-58(88)37(4)74-61(91)41(8)78-66(95)96-33-51-49-16-11-9-14-47(49)48-15-10-12-17-50(48)51/h9-12,14-25,30,32,34-41,51-53,82-83H,13,26-29,31,33H2,1-8H3,(H,67,85)(H,68,70)(H,69,86)(H,71,87)(H,72,89)(H,73,90)(H,74,91)(H,75,88)(H,76,93)(H,77,94)(H,78,95)(H,79,84)(H,80,92)/t34-,35-,36-,37-,38-,39-,40-,41-,52-,53-/m0/s1. The number of benzene rings is 4. The number of carbonyl (C=O) groups excluding carboxylic acids is 13. The molecule has 0 bridgehead atoms. The number of carbonyl (C=O) groups is 13. The Labute approximate surface area is 563 Å². The Morgan fingerprint density at radius 1 is 0.464 bits per heavy atom. The summed E-state index contributed by atoms with van der Waals surface area (Å²) < 4.78 is 5.55. The Morgan fingerprint density at radius 2 is 0.845 bits per heavy atom. The summed E-state index contributed by atoms with van der Waals surface area (Å²) in [4.78, 5) is 175. The molecule has 15 N–H and O–H groups in total. The third kappa shape index (κ3) is 22.9. The minimum absolute atomic E-state index is 0.00428. The van der Waals surface area contributed by atoms with E-state index in [-0.39, 0.29) is 43.4 Å². The first-order chi connectivity index (χ1) is 46.1. The van der Waals surface area contributed by atoms with Gasteiger partial charge in [-0.3, -0.25) is 57.5 Å². The number of aldehydes is 1. The highest BCUT2D eigenvalue weighted by Crippen LogP contribution is 2.44. The average Bonchev–Trinajstić information content (AvgIpc) is 1.62. The van der Waals surface area contributed by atoms with Gasteiger partial charge in [0, 0.05) is 31.8 Å². The first-order valence-electron chi connectivity index (χ1n) is 31.2. The van der Waals surface area contributed by atoms with Crippen molar-refractivity contribution in [3.8, 4) is 22.6 Å². The predicted molar refractivity (Wildman–Crippen MR) is 355 cm³/mol. The van der Waals surface area contributed by atoms with Gasteiger partial charge in [0.1, 0.15) is 78.5 Å². The number of phenols is 2. The van der Waals surface area contributed by atoms with Crippen LogP contribution in [0.15, 0.2) is 103 Å². The molecule has 1 heterocycles. The zero-order chi connectivity index (χ0) is 71.0. The number of hydrogen-bond donors (Lipinski definition) is 15. The summed E-state index contributed by atoms with van der Waals surface area (Å²) in [6, 6.07) is 14.4. The van der Waals surface area contributed by atoms with Crippen LogP contribution in [0.25, 0.3) is 11.1 Å². The van der Waals surface area contributed by atoms with Crippen molar-refractivity contribution < 1.29 is 77.3 Å². The molecule has 10 atom stereocenters. The van der Waals surface area contributed by atoms with E-state index in [2.05, 4.69) is 74.1 Å². The van der Waals surface area contributed by atoms with Crippen molar-refractivity contribution in [2.24, 2.45) is 0 Å². The molecular formula is C66H82N14O16S. The second-order valence-electron chi connectivity index (χ2n) is 23.2. The highest BCUT2D eigenvalue weighted by Gasteiger charge is 2.33. The molecule has 4 aromatic carbocycles. The number of nitrogens with one attached hydrogen (secondary N) is 13. The van der Waals surface area contributed by atoms with Crippen LogP contribution in [-0.4, -0.2) is 179 Å². The van der Waals surface area contributed by atoms with Crippen LogP contribution in [0.4, 0.5) is 9.93 Å². The number of nitrogens with zero attached hydrogens (tertiary/aromatic N) is 1. The second kappa shape index (κ2) is 36.1. The fraction of sp³-hybridized carbons (Fsp3) is 0.394. The van der Waals surface area contributed by atoms with Gasteiger partial charge in [0.15, 0.2) is 11.4 Å². The van der Waals surface area contributed by atoms with Gasteiger partial charge in [0.2, 0.25) is 65.0 Å². The molecule has 0 radical (unpaired) electrons. The molecule has 1 aliphatic carbocycles. The Kier molecular flexibility index (Phi) is 27.9. The fourth-order valence-electron chi connectivity index (χ4n) is 9.75. The number of rotatable bonds is 34. The van der Waals surface area contributed by atoms with Crippen molar-refractivity contribution in [1.29, 1.82) is 0 Å². The Hall–Kier alpha value is -11.0.